The third-order valence-electron chi connectivity index (χ3n) is 2.49. The maximum atomic E-state index is 12.2. The maximum Gasteiger partial charge on any atom is 0.244 e. The molecule has 0 atom stereocenters. The summed E-state index contributed by atoms with van der Waals surface area (Å²) < 4.78 is 32.7. The Balaban J connectivity index is 2.74. The topological polar surface area (TPSA) is 67.4 Å². The van der Waals surface area contributed by atoms with E-state index < -0.39 is 10.0 Å². The molecule has 108 valence electrons. The SMILES string of the molecule is CCNCCCNS(=O)(=O)c1cc(Br)ccc1OC. The van der Waals surface area contributed by atoms with Crippen LogP contribution in [0.5, 0.6) is 5.75 Å². The van der Waals surface area contributed by atoms with Crippen LogP contribution in [0.2, 0.25) is 0 Å². The van der Waals surface area contributed by atoms with Crippen molar-refractivity contribution in [2.24, 2.45) is 0 Å². The van der Waals surface area contributed by atoms with Crippen LogP contribution in [-0.4, -0.2) is 35.2 Å². The summed E-state index contributed by atoms with van der Waals surface area (Å²) in [6.07, 6.45) is 0.739. The van der Waals surface area contributed by atoms with Crippen LogP contribution in [-0.2, 0) is 10.0 Å². The Kier molecular flexibility index (Phi) is 6.78. The maximum absolute atomic E-state index is 12.2. The second kappa shape index (κ2) is 7.84. The number of methoxy groups -OCH3 is 1. The number of nitrogens with one attached hydrogen (secondary N) is 2. The third-order valence-corrected chi connectivity index (χ3v) is 4.46. The molecule has 0 radical (unpaired) electrons. The lowest BCUT2D eigenvalue weighted by atomic mass is 10.3. The minimum atomic E-state index is -3.55. The first-order chi connectivity index (χ1) is 9.01. The fourth-order valence-electron chi connectivity index (χ4n) is 1.53. The summed E-state index contributed by atoms with van der Waals surface area (Å²) in [5.41, 5.74) is 0. The van der Waals surface area contributed by atoms with Crippen molar-refractivity contribution in [3.05, 3.63) is 22.7 Å². The van der Waals surface area contributed by atoms with Gasteiger partial charge >= 0.3 is 0 Å². The highest BCUT2D eigenvalue weighted by Crippen LogP contribution is 2.26. The minimum Gasteiger partial charge on any atom is -0.495 e. The van der Waals surface area contributed by atoms with Gasteiger partial charge in [-0.05, 0) is 37.7 Å². The van der Waals surface area contributed by atoms with Crippen LogP contribution in [0.4, 0.5) is 0 Å². The van der Waals surface area contributed by atoms with Crippen LogP contribution >= 0.6 is 15.9 Å². The summed E-state index contributed by atoms with van der Waals surface area (Å²) in [5, 5.41) is 3.14. The number of sulfonamides is 1. The second-order valence-electron chi connectivity index (χ2n) is 3.90. The molecule has 0 aliphatic heterocycles. The predicted molar refractivity (Wildman–Crippen MR) is 79.0 cm³/mol. The molecule has 5 nitrogen and oxygen atoms in total. The van der Waals surface area contributed by atoms with Crippen molar-refractivity contribution in [2.75, 3.05) is 26.7 Å². The van der Waals surface area contributed by atoms with E-state index in [2.05, 4.69) is 26.0 Å². The molecular formula is C12H19BrN2O3S. The quantitative estimate of drug-likeness (QED) is 0.700. The van der Waals surface area contributed by atoms with Crippen LogP contribution in [0, 0.1) is 0 Å². The van der Waals surface area contributed by atoms with E-state index in [9.17, 15) is 8.42 Å². The third kappa shape index (κ3) is 5.10. The van der Waals surface area contributed by atoms with Crippen molar-refractivity contribution in [2.45, 2.75) is 18.2 Å². The molecule has 0 saturated heterocycles. The van der Waals surface area contributed by atoms with E-state index in [1.807, 2.05) is 6.92 Å². The number of ether oxygens (including phenoxy) is 1. The highest BCUT2D eigenvalue weighted by Gasteiger charge is 2.19. The van der Waals surface area contributed by atoms with Crippen molar-refractivity contribution in [1.29, 1.82) is 0 Å². The van der Waals surface area contributed by atoms with Gasteiger partial charge < -0.3 is 10.1 Å². The van der Waals surface area contributed by atoms with Gasteiger partial charge in [-0.3, -0.25) is 0 Å². The fraction of sp³-hybridized carbons (Fsp3) is 0.500. The first-order valence-corrected chi connectivity index (χ1v) is 8.32. The molecule has 0 aliphatic rings. The van der Waals surface area contributed by atoms with Crippen molar-refractivity contribution in [1.82, 2.24) is 10.0 Å². The van der Waals surface area contributed by atoms with Gasteiger partial charge in [-0.2, -0.15) is 0 Å². The Morgan fingerprint density at radius 2 is 2.05 bits per heavy atom. The van der Waals surface area contributed by atoms with E-state index >= 15 is 0 Å². The molecule has 0 aromatic heterocycles. The smallest absolute Gasteiger partial charge is 0.244 e. The standard InChI is InChI=1S/C12H19BrN2O3S/c1-3-14-7-4-8-15-19(16,17)12-9-10(13)5-6-11(12)18-2/h5-6,9,14-15H,3-4,7-8H2,1-2H3. The van der Waals surface area contributed by atoms with Crippen molar-refractivity contribution < 1.29 is 13.2 Å². The molecule has 0 spiro atoms. The van der Waals surface area contributed by atoms with E-state index in [1.54, 1.807) is 12.1 Å². The van der Waals surface area contributed by atoms with Crippen molar-refractivity contribution in [3.8, 4) is 5.75 Å². The van der Waals surface area contributed by atoms with Gasteiger partial charge in [0.2, 0.25) is 10.0 Å². The summed E-state index contributed by atoms with van der Waals surface area (Å²) in [6, 6.07) is 4.89. The van der Waals surface area contributed by atoms with Crippen molar-refractivity contribution in [3.63, 3.8) is 0 Å². The average Bonchev–Trinajstić information content (AvgIpc) is 2.38. The number of hydrogen-bond acceptors (Lipinski definition) is 4. The van der Waals surface area contributed by atoms with Crippen LogP contribution < -0.4 is 14.8 Å². The summed E-state index contributed by atoms with van der Waals surface area (Å²) in [5.74, 6) is 0.336. The molecular weight excluding hydrogens is 332 g/mol. The zero-order valence-corrected chi connectivity index (χ0v) is 13.5. The fourth-order valence-corrected chi connectivity index (χ4v) is 3.31. The number of rotatable bonds is 8. The first kappa shape index (κ1) is 16.4. The molecule has 1 aromatic carbocycles. The lowest BCUT2D eigenvalue weighted by molar-refractivity contribution is 0.402. The predicted octanol–water partition coefficient (Wildman–Crippen LogP) is 1.74. The molecule has 2 N–H and O–H groups in total. The van der Waals surface area contributed by atoms with Gasteiger partial charge in [-0.1, -0.05) is 22.9 Å². The molecule has 0 amide bonds. The molecule has 1 rings (SSSR count). The molecule has 0 aliphatic carbocycles. The van der Waals surface area contributed by atoms with Gasteiger partial charge in [-0.15, -0.1) is 0 Å². The van der Waals surface area contributed by atoms with E-state index in [0.717, 1.165) is 19.5 Å². The van der Waals surface area contributed by atoms with E-state index in [0.29, 0.717) is 16.8 Å². The Bertz CT molecular complexity index is 506. The van der Waals surface area contributed by atoms with Crippen LogP contribution in [0.25, 0.3) is 0 Å². The van der Waals surface area contributed by atoms with Crippen molar-refractivity contribution >= 4 is 26.0 Å². The van der Waals surface area contributed by atoms with Crippen LogP contribution in [0.1, 0.15) is 13.3 Å². The lowest BCUT2D eigenvalue weighted by Gasteiger charge is -2.11. The van der Waals surface area contributed by atoms with Gasteiger partial charge in [-0.25, -0.2) is 13.1 Å². The Hall–Kier alpha value is -0.630. The summed E-state index contributed by atoms with van der Waals surface area (Å²) in [7, 11) is -2.09. The molecule has 0 fully saturated rings. The van der Waals surface area contributed by atoms with E-state index in [-0.39, 0.29) is 4.90 Å². The second-order valence-corrected chi connectivity index (χ2v) is 6.55. The zero-order valence-electron chi connectivity index (χ0n) is 11.1. The average molecular weight is 351 g/mol. The lowest BCUT2D eigenvalue weighted by Crippen LogP contribution is -2.27. The van der Waals surface area contributed by atoms with Gasteiger partial charge in [0.1, 0.15) is 10.6 Å². The molecule has 19 heavy (non-hydrogen) atoms. The molecule has 0 bridgehead atoms. The molecule has 0 saturated carbocycles. The summed E-state index contributed by atoms with van der Waals surface area (Å²) >= 11 is 3.26. The van der Waals surface area contributed by atoms with Gasteiger partial charge in [0, 0.05) is 11.0 Å². The number of halogens is 1. The Morgan fingerprint density at radius 1 is 1.32 bits per heavy atom. The van der Waals surface area contributed by atoms with E-state index in [1.165, 1.54) is 13.2 Å². The number of benzene rings is 1. The van der Waals surface area contributed by atoms with Gasteiger partial charge in [0.15, 0.2) is 0 Å². The highest BCUT2D eigenvalue weighted by atomic mass is 79.9. The molecule has 0 heterocycles. The Morgan fingerprint density at radius 3 is 2.68 bits per heavy atom. The Labute approximate surface area is 122 Å². The summed E-state index contributed by atoms with van der Waals surface area (Å²) in [6.45, 7) is 4.07. The zero-order chi connectivity index (χ0) is 14.3. The van der Waals surface area contributed by atoms with Crippen LogP contribution in [0.3, 0.4) is 0 Å². The largest absolute Gasteiger partial charge is 0.495 e. The number of hydrogen-bond donors (Lipinski definition) is 2. The van der Waals surface area contributed by atoms with Gasteiger partial charge in [0.25, 0.3) is 0 Å². The molecule has 0 unspecified atom stereocenters. The highest BCUT2D eigenvalue weighted by molar-refractivity contribution is 9.10. The normalized spacial score (nSPS) is 11.5. The van der Waals surface area contributed by atoms with Crippen LogP contribution in [0.15, 0.2) is 27.6 Å². The van der Waals surface area contributed by atoms with Gasteiger partial charge in [0.05, 0.1) is 7.11 Å². The first-order valence-electron chi connectivity index (χ1n) is 6.05. The minimum absolute atomic E-state index is 0.146. The summed E-state index contributed by atoms with van der Waals surface area (Å²) in [4.78, 5) is 0.146. The molecule has 1 aromatic rings. The molecule has 7 heteroatoms. The monoisotopic (exact) mass is 350 g/mol. The van der Waals surface area contributed by atoms with E-state index in [4.69, 9.17) is 4.74 Å².